The summed E-state index contributed by atoms with van der Waals surface area (Å²) < 4.78 is 0. The lowest BCUT2D eigenvalue weighted by atomic mass is 10.1. The number of hydrogen-bond acceptors (Lipinski definition) is 6. The zero-order chi connectivity index (χ0) is 12.3. The summed E-state index contributed by atoms with van der Waals surface area (Å²) in [6.07, 6.45) is 0. The molecule has 0 fully saturated rings. The summed E-state index contributed by atoms with van der Waals surface area (Å²) in [5.41, 5.74) is -1.55. The molecule has 8 heteroatoms. The third-order valence-electron chi connectivity index (χ3n) is 1.72. The fourth-order valence-electron chi connectivity index (χ4n) is 1.05. The summed E-state index contributed by atoms with van der Waals surface area (Å²) in [7, 11) is 0. The van der Waals surface area contributed by atoms with Crippen molar-refractivity contribution >= 4 is 45.1 Å². The van der Waals surface area contributed by atoms with Crippen LogP contribution in [0.1, 0.15) is 20.7 Å². The first-order valence-corrected chi connectivity index (χ1v) is 4.51. The molecule has 16 heavy (non-hydrogen) atoms. The van der Waals surface area contributed by atoms with Gasteiger partial charge in [0.2, 0.25) is 0 Å². The predicted molar refractivity (Wildman–Crippen MR) is 57.7 cm³/mol. The van der Waals surface area contributed by atoms with Gasteiger partial charge in [0.05, 0.1) is 5.56 Å². The average Bonchev–Trinajstić information content (AvgIpc) is 2.26. The molecule has 1 rings (SSSR count). The van der Waals surface area contributed by atoms with Gasteiger partial charge in [0.25, 0.3) is 10.5 Å². The lowest BCUT2D eigenvalue weighted by Gasteiger charge is -2.02. The second-order valence-corrected chi connectivity index (χ2v) is 3.31. The Kier molecular flexibility index (Phi) is 3.81. The number of rotatable bonds is 4. The van der Waals surface area contributed by atoms with Gasteiger partial charge in [0, 0.05) is 5.56 Å². The second kappa shape index (κ2) is 4.91. The first-order chi connectivity index (χ1) is 7.51. The molecule has 0 radical (unpaired) electrons. The van der Waals surface area contributed by atoms with Crippen LogP contribution in [0.2, 0.25) is 0 Å². The minimum absolute atomic E-state index is 0.173. The molecule has 0 saturated heterocycles. The maximum Gasteiger partial charge on any atom is 0.254 e. The predicted octanol–water partition coefficient (Wildman–Crippen LogP) is 3.24. The fourth-order valence-corrected chi connectivity index (χ4v) is 1.30. The van der Waals surface area contributed by atoms with Crippen molar-refractivity contribution in [1.29, 1.82) is 0 Å². The quantitative estimate of drug-likeness (QED) is 0.614. The summed E-state index contributed by atoms with van der Waals surface area (Å²) in [5, 5.41) is 2.96. The molecule has 0 amide bonds. The molecule has 1 aromatic carbocycles. The highest BCUT2D eigenvalue weighted by atomic mass is 35.5. The van der Waals surface area contributed by atoms with Crippen LogP contribution in [0.25, 0.3) is 0 Å². The number of nitrogens with zero attached hydrogens (tertiary/aromatic N) is 2. The van der Waals surface area contributed by atoms with E-state index in [1.807, 2.05) is 0 Å². The summed E-state index contributed by atoms with van der Waals surface area (Å²) in [6, 6.07) is 1.92. The van der Waals surface area contributed by atoms with Crippen molar-refractivity contribution in [3.63, 3.8) is 0 Å². The van der Waals surface area contributed by atoms with Gasteiger partial charge >= 0.3 is 0 Å². The molecular formula is C8H2Cl2N2O4. The van der Waals surface area contributed by atoms with E-state index in [4.69, 9.17) is 23.2 Å². The van der Waals surface area contributed by atoms with E-state index in [-0.39, 0.29) is 5.56 Å². The van der Waals surface area contributed by atoms with Crippen molar-refractivity contribution in [2.75, 3.05) is 0 Å². The highest BCUT2D eigenvalue weighted by molar-refractivity contribution is 6.69. The van der Waals surface area contributed by atoms with E-state index < -0.39 is 27.4 Å². The minimum Gasteiger partial charge on any atom is -0.276 e. The van der Waals surface area contributed by atoms with Gasteiger partial charge in [-0.05, 0) is 45.7 Å². The van der Waals surface area contributed by atoms with Gasteiger partial charge in [-0.25, -0.2) is 0 Å². The molecule has 0 spiro atoms. The van der Waals surface area contributed by atoms with Crippen LogP contribution in [0.5, 0.6) is 0 Å². The lowest BCUT2D eigenvalue weighted by molar-refractivity contribution is 0.108. The average molecular weight is 261 g/mol. The summed E-state index contributed by atoms with van der Waals surface area (Å²) in [5.74, 6) is 0. The SMILES string of the molecule is O=Nc1cc(C(=O)Cl)cc(C(=O)Cl)c1N=O. The smallest absolute Gasteiger partial charge is 0.254 e. The monoisotopic (exact) mass is 260 g/mol. The van der Waals surface area contributed by atoms with Crippen molar-refractivity contribution in [1.82, 2.24) is 0 Å². The number of carbonyl (C=O) groups is 2. The summed E-state index contributed by atoms with van der Waals surface area (Å²) in [6.45, 7) is 0. The molecule has 0 aliphatic rings. The van der Waals surface area contributed by atoms with Crippen molar-refractivity contribution in [3.8, 4) is 0 Å². The highest BCUT2D eigenvalue weighted by Crippen LogP contribution is 2.34. The van der Waals surface area contributed by atoms with E-state index in [0.29, 0.717) is 0 Å². The molecule has 0 aliphatic carbocycles. The first kappa shape index (κ1) is 12.4. The first-order valence-electron chi connectivity index (χ1n) is 3.75. The number of benzene rings is 1. The molecule has 0 N–H and O–H groups in total. The van der Waals surface area contributed by atoms with Crippen LogP contribution in [0.3, 0.4) is 0 Å². The van der Waals surface area contributed by atoms with Gasteiger partial charge < -0.3 is 0 Å². The number of hydrogen-bond donors (Lipinski definition) is 0. The van der Waals surface area contributed by atoms with Crippen LogP contribution < -0.4 is 0 Å². The Morgan fingerprint density at radius 2 is 1.62 bits per heavy atom. The third-order valence-corrected chi connectivity index (χ3v) is 2.14. The number of carbonyl (C=O) groups excluding carboxylic acids is 2. The van der Waals surface area contributed by atoms with E-state index in [1.165, 1.54) is 0 Å². The Morgan fingerprint density at radius 1 is 1.00 bits per heavy atom. The largest absolute Gasteiger partial charge is 0.276 e. The molecular weight excluding hydrogens is 259 g/mol. The molecule has 0 unspecified atom stereocenters. The Bertz CT molecular complexity index is 501. The molecule has 0 atom stereocenters. The molecule has 0 saturated carbocycles. The van der Waals surface area contributed by atoms with E-state index in [2.05, 4.69) is 10.4 Å². The number of nitroso groups, excluding NO2 is 2. The number of halogens is 2. The van der Waals surface area contributed by atoms with Gasteiger partial charge in [-0.2, -0.15) is 0 Å². The van der Waals surface area contributed by atoms with Gasteiger partial charge in [-0.15, -0.1) is 9.81 Å². The van der Waals surface area contributed by atoms with Gasteiger partial charge in [-0.3, -0.25) is 9.59 Å². The normalized spacial score (nSPS) is 9.62. The molecule has 0 bridgehead atoms. The van der Waals surface area contributed by atoms with E-state index in [9.17, 15) is 19.4 Å². The Hall–Kier alpha value is -1.66. The van der Waals surface area contributed by atoms with Crippen LogP contribution in [0.15, 0.2) is 22.5 Å². The van der Waals surface area contributed by atoms with Crippen molar-refractivity contribution in [2.45, 2.75) is 0 Å². The topological polar surface area (TPSA) is 93.0 Å². The molecule has 1 aromatic rings. The highest BCUT2D eigenvalue weighted by Gasteiger charge is 2.19. The summed E-state index contributed by atoms with van der Waals surface area (Å²) >= 11 is 10.3. The summed E-state index contributed by atoms with van der Waals surface area (Å²) in [4.78, 5) is 42.6. The molecule has 0 aromatic heterocycles. The third kappa shape index (κ3) is 2.29. The van der Waals surface area contributed by atoms with E-state index in [1.54, 1.807) is 0 Å². The zero-order valence-corrected chi connectivity index (χ0v) is 8.95. The Morgan fingerprint density at radius 3 is 2.00 bits per heavy atom. The molecule has 82 valence electrons. The fraction of sp³-hybridized carbons (Fsp3) is 0. The van der Waals surface area contributed by atoms with Crippen molar-refractivity contribution in [2.24, 2.45) is 10.4 Å². The Balaban J connectivity index is 3.62. The zero-order valence-electron chi connectivity index (χ0n) is 7.44. The van der Waals surface area contributed by atoms with Crippen LogP contribution in [-0.4, -0.2) is 10.5 Å². The maximum absolute atomic E-state index is 10.9. The van der Waals surface area contributed by atoms with Gasteiger partial charge in [0.1, 0.15) is 11.4 Å². The van der Waals surface area contributed by atoms with Crippen LogP contribution in [-0.2, 0) is 0 Å². The van der Waals surface area contributed by atoms with Crippen LogP contribution in [0.4, 0.5) is 11.4 Å². The molecule has 6 nitrogen and oxygen atoms in total. The van der Waals surface area contributed by atoms with Crippen molar-refractivity contribution in [3.05, 3.63) is 33.1 Å². The molecule has 0 aliphatic heterocycles. The maximum atomic E-state index is 10.9. The van der Waals surface area contributed by atoms with Crippen LogP contribution in [0, 0.1) is 9.81 Å². The van der Waals surface area contributed by atoms with Gasteiger partial charge in [-0.1, -0.05) is 0 Å². The van der Waals surface area contributed by atoms with E-state index in [0.717, 1.165) is 12.1 Å². The van der Waals surface area contributed by atoms with E-state index >= 15 is 0 Å². The standard InChI is InChI=1S/C8H2Cl2N2O4/c9-7(13)3-1-4(8(10)14)6(12-16)5(2-3)11-15/h1-2H. The lowest BCUT2D eigenvalue weighted by Crippen LogP contribution is -1.96. The second-order valence-electron chi connectivity index (χ2n) is 2.62. The molecule has 0 heterocycles. The van der Waals surface area contributed by atoms with Gasteiger partial charge in [0.15, 0.2) is 0 Å². The van der Waals surface area contributed by atoms with Crippen LogP contribution >= 0.6 is 23.2 Å². The minimum atomic E-state index is -1.04. The Labute approximate surface area is 98.5 Å². The van der Waals surface area contributed by atoms with Crippen molar-refractivity contribution < 1.29 is 9.59 Å².